The molecule has 0 aliphatic heterocycles. The first-order valence-corrected chi connectivity index (χ1v) is 5.53. The number of alkyl halides is 1. The van der Waals surface area contributed by atoms with Gasteiger partial charge in [-0.1, -0.05) is 6.07 Å². The summed E-state index contributed by atoms with van der Waals surface area (Å²) in [5.74, 6) is 0.955. The van der Waals surface area contributed by atoms with Crippen LogP contribution in [0.1, 0.15) is 24.0 Å². The van der Waals surface area contributed by atoms with Crippen LogP contribution in [0.3, 0.4) is 0 Å². The molecule has 1 aliphatic carbocycles. The second-order valence-electron chi connectivity index (χ2n) is 3.83. The van der Waals surface area contributed by atoms with Gasteiger partial charge in [-0.2, -0.15) is 0 Å². The van der Waals surface area contributed by atoms with Crippen LogP contribution in [0, 0.1) is 0 Å². The molecule has 1 unspecified atom stereocenters. The molecule has 1 nitrogen and oxygen atoms in total. The van der Waals surface area contributed by atoms with Crippen molar-refractivity contribution in [1.29, 1.82) is 0 Å². The summed E-state index contributed by atoms with van der Waals surface area (Å²) in [5.41, 5.74) is 2.80. The standard InChI is InChI=1S/C12H15ClO/c1-14-12-6-5-10-7-11(13)4-2-3-9(10)8-12/h5-6,8,11H,2-4,7H2,1H3. The van der Waals surface area contributed by atoms with E-state index >= 15 is 0 Å². The van der Waals surface area contributed by atoms with Gasteiger partial charge in [0.25, 0.3) is 0 Å². The number of benzene rings is 1. The Kier molecular flexibility index (Phi) is 2.97. The lowest BCUT2D eigenvalue weighted by Gasteiger charge is -2.08. The van der Waals surface area contributed by atoms with Crippen molar-refractivity contribution in [2.45, 2.75) is 31.1 Å². The van der Waals surface area contributed by atoms with Crippen molar-refractivity contribution in [1.82, 2.24) is 0 Å². The number of ether oxygens (including phenoxy) is 1. The van der Waals surface area contributed by atoms with Gasteiger partial charge in [0, 0.05) is 5.38 Å². The van der Waals surface area contributed by atoms with E-state index in [0.29, 0.717) is 5.38 Å². The molecule has 1 atom stereocenters. The van der Waals surface area contributed by atoms with E-state index in [2.05, 4.69) is 12.1 Å². The predicted octanol–water partition coefficient (Wildman–Crippen LogP) is 3.18. The number of fused-ring (bicyclic) bond motifs is 1. The molecule has 0 fully saturated rings. The number of rotatable bonds is 1. The van der Waals surface area contributed by atoms with Crippen LogP contribution in [0.2, 0.25) is 0 Å². The van der Waals surface area contributed by atoms with Crippen LogP contribution < -0.4 is 4.74 Å². The number of hydrogen-bond acceptors (Lipinski definition) is 1. The summed E-state index contributed by atoms with van der Waals surface area (Å²) in [6.07, 6.45) is 4.45. The average Bonchev–Trinajstić information content (AvgIpc) is 2.37. The summed E-state index contributed by atoms with van der Waals surface area (Å²) >= 11 is 6.19. The van der Waals surface area contributed by atoms with Crippen LogP contribution in [0.4, 0.5) is 0 Å². The third kappa shape index (κ3) is 2.03. The number of hydrogen-bond donors (Lipinski definition) is 0. The minimum atomic E-state index is 0.310. The molecule has 1 aliphatic rings. The lowest BCUT2D eigenvalue weighted by atomic mass is 10.0. The van der Waals surface area contributed by atoms with E-state index in [1.807, 2.05) is 6.07 Å². The molecule has 0 N–H and O–H groups in total. The third-order valence-corrected chi connectivity index (χ3v) is 3.19. The quantitative estimate of drug-likeness (QED) is 0.511. The van der Waals surface area contributed by atoms with Gasteiger partial charge in [0.2, 0.25) is 0 Å². The normalized spacial score (nSPS) is 21.1. The summed E-state index contributed by atoms with van der Waals surface area (Å²) in [6, 6.07) is 6.31. The van der Waals surface area contributed by atoms with E-state index in [0.717, 1.165) is 25.0 Å². The first kappa shape index (κ1) is 9.85. The van der Waals surface area contributed by atoms with Gasteiger partial charge in [0.15, 0.2) is 0 Å². The van der Waals surface area contributed by atoms with Gasteiger partial charge in [-0.3, -0.25) is 0 Å². The van der Waals surface area contributed by atoms with Gasteiger partial charge in [0.1, 0.15) is 5.75 Å². The van der Waals surface area contributed by atoms with Crippen molar-refractivity contribution in [3.8, 4) is 5.75 Å². The Hall–Kier alpha value is -0.690. The van der Waals surface area contributed by atoms with E-state index in [4.69, 9.17) is 16.3 Å². The molecule has 14 heavy (non-hydrogen) atoms. The molecule has 0 amide bonds. The van der Waals surface area contributed by atoms with E-state index in [9.17, 15) is 0 Å². The van der Waals surface area contributed by atoms with Crippen molar-refractivity contribution >= 4 is 11.6 Å². The Bertz CT molecular complexity index is 322. The highest BCUT2D eigenvalue weighted by Gasteiger charge is 2.14. The van der Waals surface area contributed by atoms with Crippen LogP contribution >= 0.6 is 11.6 Å². The highest BCUT2D eigenvalue weighted by atomic mass is 35.5. The number of halogens is 1. The maximum Gasteiger partial charge on any atom is 0.119 e. The molecule has 0 bridgehead atoms. The van der Waals surface area contributed by atoms with Crippen LogP contribution in [0.25, 0.3) is 0 Å². The lowest BCUT2D eigenvalue weighted by Crippen LogP contribution is -2.00. The lowest BCUT2D eigenvalue weighted by molar-refractivity contribution is 0.414. The number of methoxy groups -OCH3 is 1. The Morgan fingerprint density at radius 3 is 3.00 bits per heavy atom. The fourth-order valence-corrected chi connectivity index (χ4v) is 2.34. The van der Waals surface area contributed by atoms with Crippen molar-refractivity contribution < 1.29 is 4.74 Å². The number of aryl methyl sites for hydroxylation is 1. The topological polar surface area (TPSA) is 9.23 Å². The summed E-state index contributed by atoms with van der Waals surface area (Å²) < 4.78 is 5.21. The molecule has 0 radical (unpaired) electrons. The highest BCUT2D eigenvalue weighted by Crippen LogP contribution is 2.26. The van der Waals surface area contributed by atoms with Gasteiger partial charge in [-0.15, -0.1) is 11.6 Å². The van der Waals surface area contributed by atoms with Crippen LogP contribution in [-0.4, -0.2) is 12.5 Å². The zero-order chi connectivity index (χ0) is 9.97. The van der Waals surface area contributed by atoms with Crippen LogP contribution in [0.5, 0.6) is 5.75 Å². The molecule has 2 rings (SSSR count). The molecule has 0 saturated carbocycles. The molecule has 76 valence electrons. The molecule has 1 aromatic rings. The van der Waals surface area contributed by atoms with Gasteiger partial charge < -0.3 is 4.74 Å². The van der Waals surface area contributed by atoms with Gasteiger partial charge in [-0.05, 0) is 48.9 Å². The zero-order valence-electron chi connectivity index (χ0n) is 8.42. The molecular formula is C12H15ClO. The van der Waals surface area contributed by atoms with Crippen molar-refractivity contribution in [2.75, 3.05) is 7.11 Å². The van der Waals surface area contributed by atoms with Gasteiger partial charge in [-0.25, -0.2) is 0 Å². The minimum absolute atomic E-state index is 0.310. The first-order valence-electron chi connectivity index (χ1n) is 5.09. The molecular weight excluding hydrogens is 196 g/mol. The maximum atomic E-state index is 6.19. The van der Waals surface area contributed by atoms with Crippen molar-refractivity contribution in [3.05, 3.63) is 29.3 Å². The summed E-state index contributed by atoms with van der Waals surface area (Å²) in [4.78, 5) is 0. The SMILES string of the molecule is COc1ccc2c(c1)CCCC(Cl)C2. The van der Waals surface area contributed by atoms with E-state index in [1.54, 1.807) is 7.11 Å². The smallest absolute Gasteiger partial charge is 0.119 e. The molecule has 1 aromatic carbocycles. The van der Waals surface area contributed by atoms with Crippen LogP contribution in [0.15, 0.2) is 18.2 Å². The predicted molar refractivity (Wildman–Crippen MR) is 59.3 cm³/mol. The molecule has 0 saturated heterocycles. The van der Waals surface area contributed by atoms with Crippen LogP contribution in [-0.2, 0) is 12.8 Å². The van der Waals surface area contributed by atoms with Gasteiger partial charge >= 0.3 is 0 Å². The zero-order valence-corrected chi connectivity index (χ0v) is 9.18. The summed E-state index contributed by atoms with van der Waals surface area (Å²) in [6.45, 7) is 0. The second-order valence-corrected chi connectivity index (χ2v) is 4.45. The molecule has 2 heteroatoms. The van der Waals surface area contributed by atoms with Crippen molar-refractivity contribution in [2.24, 2.45) is 0 Å². The second kappa shape index (κ2) is 4.22. The monoisotopic (exact) mass is 210 g/mol. The molecule has 0 aromatic heterocycles. The van der Waals surface area contributed by atoms with Gasteiger partial charge in [0.05, 0.1) is 7.11 Å². The first-order chi connectivity index (χ1) is 6.79. The average molecular weight is 211 g/mol. The van der Waals surface area contributed by atoms with E-state index in [-0.39, 0.29) is 0 Å². The molecule has 0 spiro atoms. The fourth-order valence-electron chi connectivity index (χ4n) is 2.02. The Balaban J connectivity index is 2.31. The minimum Gasteiger partial charge on any atom is -0.497 e. The third-order valence-electron chi connectivity index (χ3n) is 2.82. The molecule has 0 heterocycles. The Labute approximate surface area is 90.0 Å². The highest BCUT2D eigenvalue weighted by molar-refractivity contribution is 6.20. The van der Waals surface area contributed by atoms with Crippen molar-refractivity contribution in [3.63, 3.8) is 0 Å². The summed E-state index contributed by atoms with van der Waals surface area (Å²) in [7, 11) is 1.71. The maximum absolute atomic E-state index is 6.19. The Morgan fingerprint density at radius 2 is 2.21 bits per heavy atom. The largest absolute Gasteiger partial charge is 0.497 e. The summed E-state index contributed by atoms with van der Waals surface area (Å²) in [5, 5.41) is 0.310. The van der Waals surface area contributed by atoms with E-state index in [1.165, 1.54) is 17.5 Å². The van der Waals surface area contributed by atoms with E-state index < -0.39 is 0 Å². The Morgan fingerprint density at radius 1 is 1.36 bits per heavy atom. The fraction of sp³-hybridized carbons (Fsp3) is 0.500.